The zero-order valence-corrected chi connectivity index (χ0v) is 12.7. The van der Waals surface area contributed by atoms with E-state index in [2.05, 4.69) is 40.1 Å². The van der Waals surface area contributed by atoms with Crippen molar-refractivity contribution in [3.8, 4) is 0 Å². The summed E-state index contributed by atoms with van der Waals surface area (Å²) in [5.41, 5.74) is 0.147. The highest BCUT2D eigenvalue weighted by atomic mass is 79.9. The van der Waals surface area contributed by atoms with Crippen LogP contribution in [0.3, 0.4) is 0 Å². The Kier molecular flexibility index (Phi) is 5.70. The number of methoxy groups -OCH3 is 1. The first kappa shape index (κ1) is 14.7. The Morgan fingerprint density at radius 2 is 2.24 bits per heavy atom. The molecule has 0 saturated carbocycles. The van der Waals surface area contributed by atoms with E-state index in [0.717, 1.165) is 29.9 Å². The highest BCUT2D eigenvalue weighted by Gasteiger charge is 2.18. The molecule has 1 rings (SSSR count). The van der Waals surface area contributed by atoms with E-state index in [4.69, 9.17) is 16.3 Å². The number of nitrogens with zero attached hydrogens (tertiary/aromatic N) is 1. The largest absolute Gasteiger partial charge is 0.385 e. The average molecular weight is 322 g/mol. The summed E-state index contributed by atoms with van der Waals surface area (Å²) in [6, 6.07) is 1.83. The lowest BCUT2D eigenvalue weighted by atomic mass is 9.90. The SMILES string of the molecule is COCCC(C)(C)CNc1ncc(Br)cc1Cl. The van der Waals surface area contributed by atoms with Crippen LogP contribution >= 0.6 is 27.5 Å². The lowest BCUT2D eigenvalue weighted by Gasteiger charge is -2.25. The second kappa shape index (κ2) is 6.57. The summed E-state index contributed by atoms with van der Waals surface area (Å²) in [4.78, 5) is 4.24. The number of pyridine rings is 1. The summed E-state index contributed by atoms with van der Waals surface area (Å²) in [5.74, 6) is 0.723. The highest BCUT2D eigenvalue weighted by Crippen LogP contribution is 2.25. The molecule has 0 spiro atoms. The monoisotopic (exact) mass is 320 g/mol. The molecule has 0 aliphatic heterocycles. The molecule has 0 amide bonds. The van der Waals surface area contributed by atoms with Gasteiger partial charge in [-0.05, 0) is 33.8 Å². The third-order valence-electron chi connectivity index (χ3n) is 2.53. The predicted octanol–water partition coefficient (Wildman–Crippen LogP) is 3.97. The van der Waals surface area contributed by atoms with Crippen molar-refractivity contribution >= 4 is 33.3 Å². The molecule has 0 aliphatic rings. The number of rotatable bonds is 6. The first-order valence-corrected chi connectivity index (χ1v) is 6.65. The molecule has 0 unspecified atom stereocenters. The van der Waals surface area contributed by atoms with E-state index < -0.39 is 0 Å². The molecule has 0 aromatic carbocycles. The standard InChI is InChI=1S/C12H18BrClN2O/c1-12(2,4-5-17-3)8-16-11-10(14)6-9(13)7-15-11/h6-7H,4-5,8H2,1-3H3,(H,15,16). The summed E-state index contributed by atoms with van der Waals surface area (Å²) in [7, 11) is 1.72. The van der Waals surface area contributed by atoms with Crippen LogP contribution in [0.1, 0.15) is 20.3 Å². The van der Waals surface area contributed by atoms with E-state index in [1.807, 2.05) is 6.07 Å². The van der Waals surface area contributed by atoms with Gasteiger partial charge in [0, 0.05) is 30.9 Å². The van der Waals surface area contributed by atoms with Gasteiger partial charge < -0.3 is 10.1 Å². The fourth-order valence-electron chi connectivity index (χ4n) is 1.33. The van der Waals surface area contributed by atoms with E-state index in [0.29, 0.717) is 5.02 Å². The number of anilines is 1. The number of ether oxygens (including phenoxy) is 1. The summed E-state index contributed by atoms with van der Waals surface area (Å²) >= 11 is 9.41. The molecule has 3 nitrogen and oxygen atoms in total. The molecule has 0 atom stereocenters. The maximum Gasteiger partial charge on any atom is 0.144 e. The minimum Gasteiger partial charge on any atom is -0.385 e. The fraction of sp³-hybridized carbons (Fsp3) is 0.583. The van der Waals surface area contributed by atoms with Crippen LogP contribution in [0.5, 0.6) is 0 Å². The van der Waals surface area contributed by atoms with Gasteiger partial charge in [-0.2, -0.15) is 0 Å². The van der Waals surface area contributed by atoms with Crippen LogP contribution in [0, 0.1) is 5.41 Å². The molecule has 0 radical (unpaired) electrons. The Morgan fingerprint density at radius 1 is 1.53 bits per heavy atom. The third-order valence-corrected chi connectivity index (χ3v) is 3.25. The van der Waals surface area contributed by atoms with E-state index in [9.17, 15) is 0 Å². The molecule has 1 heterocycles. The van der Waals surface area contributed by atoms with Gasteiger partial charge in [0.1, 0.15) is 5.82 Å². The molecular weight excluding hydrogens is 304 g/mol. The first-order valence-electron chi connectivity index (χ1n) is 5.48. The Bertz CT molecular complexity index is 372. The molecule has 5 heteroatoms. The van der Waals surface area contributed by atoms with Crippen LogP contribution in [-0.4, -0.2) is 25.2 Å². The highest BCUT2D eigenvalue weighted by molar-refractivity contribution is 9.10. The molecule has 1 N–H and O–H groups in total. The Labute approximate surface area is 116 Å². The zero-order valence-electron chi connectivity index (χ0n) is 10.4. The fourth-order valence-corrected chi connectivity index (χ4v) is 2.03. The van der Waals surface area contributed by atoms with Gasteiger partial charge >= 0.3 is 0 Å². The van der Waals surface area contributed by atoms with Crippen LogP contribution in [0.2, 0.25) is 5.02 Å². The smallest absolute Gasteiger partial charge is 0.144 e. The van der Waals surface area contributed by atoms with Gasteiger partial charge in [-0.1, -0.05) is 25.4 Å². The number of hydrogen-bond acceptors (Lipinski definition) is 3. The van der Waals surface area contributed by atoms with Crippen molar-refractivity contribution in [2.24, 2.45) is 5.41 Å². The zero-order chi connectivity index (χ0) is 12.9. The van der Waals surface area contributed by atoms with Crippen molar-refractivity contribution in [2.75, 3.05) is 25.6 Å². The van der Waals surface area contributed by atoms with Gasteiger partial charge in [0.05, 0.1) is 5.02 Å². The van der Waals surface area contributed by atoms with Crippen molar-refractivity contribution in [2.45, 2.75) is 20.3 Å². The molecule has 1 aromatic heterocycles. The first-order chi connectivity index (χ1) is 7.94. The summed E-state index contributed by atoms with van der Waals surface area (Å²) in [6.07, 6.45) is 2.72. The Morgan fingerprint density at radius 3 is 2.82 bits per heavy atom. The van der Waals surface area contributed by atoms with Crippen LogP contribution < -0.4 is 5.32 Å². The van der Waals surface area contributed by atoms with Crippen molar-refractivity contribution in [3.63, 3.8) is 0 Å². The van der Waals surface area contributed by atoms with Gasteiger partial charge in [0.15, 0.2) is 0 Å². The molecule has 0 aliphatic carbocycles. The van der Waals surface area contributed by atoms with Gasteiger partial charge in [0.2, 0.25) is 0 Å². The third kappa shape index (κ3) is 5.23. The van der Waals surface area contributed by atoms with Crippen molar-refractivity contribution < 1.29 is 4.74 Å². The van der Waals surface area contributed by atoms with Crippen LogP contribution in [-0.2, 0) is 4.74 Å². The summed E-state index contributed by atoms with van der Waals surface area (Å²) in [5, 5.41) is 3.90. The Balaban J connectivity index is 2.54. The molecule has 0 saturated heterocycles. The van der Waals surface area contributed by atoms with Gasteiger partial charge in [-0.15, -0.1) is 0 Å². The molecule has 17 heavy (non-hydrogen) atoms. The maximum absolute atomic E-state index is 6.08. The summed E-state index contributed by atoms with van der Waals surface area (Å²) in [6.45, 7) is 5.94. The second-order valence-corrected chi connectivity index (χ2v) is 6.07. The molecule has 96 valence electrons. The van der Waals surface area contributed by atoms with E-state index in [-0.39, 0.29) is 5.41 Å². The van der Waals surface area contributed by atoms with Crippen molar-refractivity contribution in [1.82, 2.24) is 4.98 Å². The molecular formula is C12H18BrClN2O. The average Bonchev–Trinajstić information content (AvgIpc) is 2.25. The van der Waals surface area contributed by atoms with Crippen LogP contribution in [0.25, 0.3) is 0 Å². The summed E-state index contributed by atoms with van der Waals surface area (Å²) < 4.78 is 5.97. The van der Waals surface area contributed by atoms with Gasteiger partial charge in [-0.25, -0.2) is 4.98 Å². The van der Waals surface area contributed by atoms with E-state index in [1.54, 1.807) is 13.3 Å². The predicted molar refractivity (Wildman–Crippen MR) is 75.7 cm³/mol. The van der Waals surface area contributed by atoms with E-state index >= 15 is 0 Å². The van der Waals surface area contributed by atoms with Gasteiger partial charge in [-0.3, -0.25) is 0 Å². The van der Waals surface area contributed by atoms with Crippen molar-refractivity contribution in [1.29, 1.82) is 0 Å². The minimum absolute atomic E-state index is 0.147. The topological polar surface area (TPSA) is 34.1 Å². The van der Waals surface area contributed by atoms with Crippen molar-refractivity contribution in [3.05, 3.63) is 21.8 Å². The number of nitrogens with one attached hydrogen (secondary N) is 1. The maximum atomic E-state index is 6.08. The van der Waals surface area contributed by atoms with Crippen LogP contribution in [0.15, 0.2) is 16.7 Å². The second-order valence-electron chi connectivity index (χ2n) is 4.74. The van der Waals surface area contributed by atoms with E-state index in [1.165, 1.54) is 0 Å². The number of hydrogen-bond donors (Lipinski definition) is 1. The lowest BCUT2D eigenvalue weighted by molar-refractivity contribution is 0.157. The normalized spacial score (nSPS) is 11.6. The lowest BCUT2D eigenvalue weighted by Crippen LogP contribution is -2.25. The van der Waals surface area contributed by atoms with Gasteiger partial charge in [0.25, 0.3) is 0 Å². The molecule has 0 bridgehead atoms. The quantitative estimate of drug-likeness (QED) is 0.861. The van der Waals surface area contributed by atoms with Crippen LogP contribution in [0.4, 0.5) is 5.82 Å². The number of halogens is 2. The minimum atomic E-state index is 0.147. The Hall–Kier alpha value is -0.320. The number of aromatic nitrogens is 1. The molecule has 1 aromatic rings. The molecule has 0 fully saturated rings.